The second kappa shape index (κ2) is 54.0. The van der Waals surface area contributed by atoms with Gasteiger partial charge in [-0.05, 0) is 77.0 Å². The van der Waals surface area contributed by atoms with Crippen molar-refractivity contribution in [3.8, 4) is 0 Å². The highest BCUT2D eigenvalue weighted by Crippen LogP contribution is 2.16. The summed E-state index contributed by atoms with van der Waals surface area (Å²) in [5.74, 6) is -0.900. The molecule has 65 heavy (non-hydrogen) atoms. The normalized spacial score (nSPS) is 12.4. The van der Waals surface area contributed by atoms with Gasteiger partial charge in [0.05, 0.1) is 0 Å². The molecule has 378 valence electrons. The van der Waals surface area contributed by atoms with Gasteiger partial charge in [0.2, 0.25) is 0 Å². The monoisotopic (exact) mass is 911 g/mol. The van der Waals surface area contributed by atoms with Crippen molar-refractivity contribution in [2.75, 3.05) is 13.2 Å². The maximum Gasteiger partial charge on any atom is 0.306 e. The Balaban J connectivity index is 4.35. The number of unbranched alkanes of at least 4 members (excludes halogenated alkanes) is 32. The molecule has 0 aliphatic rings. The second-order valence-electron chi connectivity index (χ2n) is 18.8. The van der Waals surface area contributed by atoms with Crippen LogP contribution >= 0.6 is 0 Å². The Morgan fingerprint density at radius 3 is 0.969 bits per heavy atom. The van der Waals surface area contributed by atoms with Crippen LogP contribution in [0.4, 0.5) is 0 Å². The van der Waals surface area contributed by atoms with E-state index in [1.807, 2.05) is 0 Å². The first-order valence-electron chi connectivity index (χ1n) is 28.1. The van der Waals surface area contributed by atoms with E-state index < -0.39 is 6.10 Å². The summed E-state index contributed by atoms with van der Waals surface area (Å²) in [7, 11) is 0. The van der Waals surface area contributed by atoms with Crippen LogP contribution in [-0.4, -0.2) is 37.2 Å². The fourth-order valence-corrected chi connectivity index (χ4v) is 8.10. The van der Waals surface area contributed by atoms with E-state index in [9.17, 15) is 14.4 Å². The van der Waals surface area contributed by atoms with E-state index in [1.165, 1.54) is 167 Å². The smallest absolute Gasteiger partial charge is 0.306 e. The highest BCUT2D eigenvalue weighted by molar-refractivity contribution is 5.71. The molecule has 1 atom stereocenters. The quantitative estimate of drug-likeness (QED) is 0.0262. The lowest BCUT2D eigenvalue weighted by Gasteiger charge is -2.18. The lowest BCUT2D eigenvalue weighted by atomic mass is 10.0. The fourth-order valence-electron chi connectivity index (χ4n) is 8.10. The standard InChI is InChI=1S/C59H106O6/c1-4-7-10-13-16-19-22-25-27-28-29-30-32-34-37-40-43-46-49-52-58(61)64-55-56(54-63-57(60)51-48-45-42-39-36-33-24-21-18-15-12-9-6-3)65-59(62)53-50-47-44-41-38-35-31-26-23-20-17-14-11-8-5-2/h9,12,18,21,25,27,33,36,56H,4-8,10-11,13-17,19-20,22-24,26,28-32,34-35,37-55H2,1-3H3/b12-9-,21-18-,27-25-,36-33-. The van der Waals surface area contributed by atoms with E-state index in [1.54, 1.807) is 0 Å². The summed E-state index contributed by atoms with van der Waals surface area (Å²) in [5, 5.41) is 0. The first-order chi connectivity index (χ1) is 32.0. The molecule has 0 radical (unpaired) electrons. The molecule has 0 saturated heterocycles. The summed E-state index contributed by atoms with van der Waals surface area (Å²) in [6, 6.07) is 0. The van der Waals surface area contributed by atoms with Crippen LogP contribution in [0.2, 0.25) is 0 Å². The van der Waals surface area contributed by atoms with Crippen molar-refractivity contribution >= 4 is 17.9 Å². The Labute approximate surface area is 403 Å². The van der Waals surface area contributed by atoms with Gasteiger partial charge >= 0.3 is 17.9 Å². The van der Waals surface area contributed by atoms with Gasteiger partial charge in [0, 0.05) is 19.3 Å². The minimum absolute atomic E-state index is 0.0808. The molecule has 0 heterocycles. The fraction of sp³-hybridized carbons (Fsp3) is 0.814. The summed E-state index contributed by atoms with van der Waals surface area (Å²) in [6.45, 7) is 6.53. The van der Waals surface area contributed by atoms with Crippen LogP contribution in [0.5, 0.6) is 0 Å². The zero-order valence-electron chi connectivity index (χ0n) is 43.3. The van der Waals surface area contributed by atoms with Gasteiger partial charge in [0.15, 0.2) is 6.10 Å². The van der Waals surface area contributed by atoms with E-state index >= 15 is 0 Å². The van der Waals surface area contributed by atoms with Gasteiger partial charge in [-0.25, -0.2) is 0 Å². The SMILES string of the molecule is CC/C=C\C/C=C\C/C=C\CCCCCC(=O)OCC(COC(=O)CCCCCCCCCCC/C=C\CCCCCCCC)OC(=O)CCCCCCCCCCCCCCCCC. The minimum Gasteiger partial charge on any atom is -0.462 e. The Morgan fingerprint density at radius 1 is 0.323 bits per heavy atom. The molecule has 0 bridgehead atoms. The largest absolute Gasteiger partial charge is 0.462 e. The maximum atomic E-state index is 12.8. The van der Waals surface area contributed by atoms with Crippen LogP contribution in [0.1, 0.15) is 290 Å². The third-order valence-electron chi connectivity index (χ3n) is 12.3. The van der Waals surface area contributed by atoms with Crippen LogP contribution in [0.15, 0.2) is 48.6 Å². The number of carbonyl (C=O) groups excluding carboxylic acids is 3. The van der Waals surface area contributed by atoms with Gasteiger partial charge in [0.25, 0.3) is 0 Å². The lowest BCUT2D eigenvalue weighted by molar-refractivity contribution is -0.167. The highest BCUT2D eigenvalue weighted by Gasteiger charge is 2.19. The Kier molecular flexibility index (Phi) is 51.8. The number of allylic oxidation sites excluding steroid dienone is 8. The number of hydrogen-bond acceptors (Lipinski definition) is 6. The molecule has 6 heteroatoms. The molecule has 0 aromatic carbocycles. The van der Waals surface area contributed by atoms with Crippen LogP contribution in [0.25, 0.3) is 0 Å². The molecular formula is C59H106O6. The molecule has 1 unspecified atom stereocenters. The van der Waals surface area contributed by atoms with E-state index in [2.05, 4.69) is 69.4 Å². The molecule has 0 saturated carbocycles. The number of esters is 3. The maximum absolute atomic E-state index is 12.8. The summed E-state index contributed by atoms with van der Waals surface area (Å²) < 4.78 is 16.8. The summed E-state index contributed by atoms with van der Waals surface area (Å²) in [6.07, 6.45) is 65.3. The van der Waals surface area contributed by atoms with Gasteiger partial charge in [-0.2, -0.15) is 0 Å². The molecule has 6 nitrogen and oxygen atoms in total. The van der Waals surface area contributed by atoms with E-state index in [0.29, 0.717) is 19.3 Å². The average molecular weight is 911 g/mol. The van der Waals surface area contributed by atoms with Gasteiger partial charge in [0.1, 0.15) is 13.2 Å². The molecule has 0 aliphatic carbocycles. The summed E-state index contributed by atoms with van der Waals surface area (Å²) in [4.78, 5) is 38.1. The van der Waals surface area contributed by atoms with Crippen molar-refractivity contribution in [3.63, 3.8) is 0 Å². The van der Waals surface area contributed by atoms with Gasteiger partial charge in [-0.15, -0.1) is 0 Å². The Hall–Kier alpha value is -2.63. The number of hydrogen-bond donors (Lipinski definition) is 0. The highest BCUT2D eigenvalue weighted by atomic mass is 16.6. The first kappa shape index (κ1) is 62.4. The van der Waals surface area contributed by atoms with Gasteiger partial charge in [-0.3, -0.25) is 14.4 Å². The molecule has 0 spiro atoms. The number of rotatable bonds is 51. The third-order valence-corrected chi connectivity index (χ3v) is 12.3. The van der Waals surface area contributed by atoms with Crippen molar-refractivity contribution in [2.24, 2.45) is 0 Å². The molecular weight excluding hydrogens is 805 g/mol. The first-order valence-corrected chi connectivity index (χ1v) is 28.1. The predicted octanol–water partition coefficient (Wildman–Crippen LogP) is 18.7. The molecule has 0 amide bonds. The van der Waals surface area contributed by atoms with Crippen molar-refractivity contribution in [1.29, 1.82) is 0 Å². The Bertz CT molecular complexity index is 1140. The predicted molar refractivity (Wildman–Crippen MR) is 279 cm³/mol. The van der Waals surface area contributed by atoms with Crippen molar-refractivity contribution in [1.82, 2.24) is 0 Å². The molecule has 0 N–H and O–H groups in total. The minimum atomic E-state index is -0.783. The van der Waals surface area contributed by atoms with Crippen LogP contribution in [0, 0.1) is 0 Å². The second-order valence-corrected chi connectivity index (χ2v) is 18.8. The average Bonchev–Trinajstić information content (AvgIpc) is 3.30. The molecule has 0 aliphatic heterocycles. The van der Waals surface area contributed by atoms with Gasteiger partial charge in [-0.1, -0.05) is 243 Å². The van der Waals surface area contributed by atoms with Crippen molar-refractivity contribution < 1.29 is 28.6 Å². The summed E-state index contributed by atoms with van der Waals surface area (Å²) in [5.41, 5.74) is 0. The third kappa shape index (κ3) is 52.2. The Morgan fingerprint density at radius 2 is 0.600 bits per heavy atom. The zero-order valence-corrected chi connectivity index (χ0v) is 43.3. The zero-order chi connectivity index (χ0) is 47.2. The summed E-state index contributed by atoms with van der Waals surface area (Å²) >= 11 is 0. The number of carbonyl (C=O) groups is 3. The van der Waals surface area contributed by atoms with E-state index in [4.69, 9.17) is 14.2 Å². The molecule has 0 rings (SSSR count). The van der Waals surface area contributed by atoms with Crippen molar-refractivity contribution in [3.05, 3.63) is 48.6 Å². The van der Waals surface area contributed by atoms with E-state index in [0.717, 1.165) is 83.5 Å². The van der Waals surface area contributed by atoms with Crippen LogP contribution in [-0.2, 0) is 28.6 Å². The van der Waals surface area contributed by atoms with E-state index in [-0.39, 0.29) is 31.1 Å². The van der Waals surface area contributed by atoms with Gasteiger partial charge < -0.3 is 14.2 Å². The molecule has 0 fully saturated rings. The number of ether oxygens (including phenoxy) is 3. The molecule has 0 aromatic heterocycles. The topological polar surface area (TPSA) is 78.9 Å². The van der Waals surface area contributed by atoms with Crippen LogP contribution < -0.4 is 0 Å². The lowest BCUT2D eigenvalue weighted by Crippen LogP contribution is -2.30. The molecule has 0 aromatic rings. The van der Waals surface area contributed by atoms with Crippen LogP contribution in [0.3, 0.4) is 0 Å². The van der Waals surface area contributed by atoms with Crippen molar-refractivity contribution in [2.45, 2.75) is 297 Å².